The van der Waals surface area contributed by atoms with Crippen molar-refractivity contribution in [2.24, 2.45) is 0 Å². The summed E-state index contributed by atoms with van der Waals surface area (Å²) < 4.78 is 6.41. The van der Waals surface area contributed by atoms with Crippen LogP contribution in [0.3, 0.4) is 0 Å². The van der Waals surface area contributed by atoms with Crippen LogP contribution in [0, 0.1) is 0 Å². The summed E-state index contributed by atoms with van der Waals surface area (Å²) in [5.74, 6) is -0.0210. The van der Waals surface area contributed by atoms with E-state index in [0.29, 0.717) is 12.1 Å². The van der Waals surface area contributed by atoms with Gasteiger partial charge in [-0.15, -0.1) is 0 Å². The van der Waals surface area contributed by atoms with Crippen molar-refractivity contribution in [1.29, 1.82) is 0 Å². The average Bonchev–Trinajstić information content (AvgIpc) is 2.34. The van der Waals surface area contributed by atoms with Crippen LogP contribution in [0.1, 0.15) is 37.0 Å². The molecule has 0 radical (unpaired) electrons. The first-order valence-electron chi connectivity index (χ1n) is 6.25. The third kappa shape index (κ3) is 6.17. The highest BCUT2D eigenvalue weighted by atomic mass is 79.9. The van der Waals surface area contributed by atoms with Crippen molar-refractivity contribution in [3.63, 3.8) is 0 Å². The predicted molar refractivity (Wildman–Crippen MR) is 76.8 cm³/mol. The summed E-state index contributed by atoms with van der Waals surface area (Å²) in [6.07, 6.45) is 2.19. The second kappa shape index (κ2) is 8.27. The monoisotopic (exact) mass is 313 g/mol. The highest BCUT2D eigenvalue weighted by Crippen LogP contribution is 2.10. The van der Waals surface area contributed by atoms with Gasteiger partial charge >= 0.3 is 0 Å². The molecule has 100 valence electrons. The number of unbranched alkanes of at least 4 members (excludes halogenated alkanes) is 1. The van der Waals surface area contributed by atoms with E-state index >= 15 is 0 Å². The van der Waals surface area contributed by atoms with Gasteiger partial charge in [0.05, 0.1) is 6.10 Å². The van der Waals surface area contributed by atoms with Crippen LogP contribution in [-0.2, 0) is 4.74 Å². The number of rotatable bonds is 7. The first-order valence-corrected chi connectivity index (χ1v) is 7.04. The van der Waals surface area contributed by atoms with Gasteiger partial charge in [0.1, 0.15) is 0 Å². The summed E-state index contributed by atoms with van der Waals surface area (Å²) in [6, 6.07) is 7.35. The molecular weight excluding hydrogens is 294 g/mol. The number of benzene rings is 1. The molecule has 0 aliphatic heterocycles. The molecule has 0 fully saturated rings. The fraction of sp³-hybridized carbons (Fsp3) is 0.500. The van der Waals surface area contributed by atoms with Crippen LogP contribution in [0.2, 0.25) is 0 Å². The molecule has 4 heteroatoms. The lowest BCUT2D eigenvalue weighted by atomic mass is 10.2. The van der Waals surface area contributed by atoms with Crippen LogP contribution in [0.4, 0.5) is 0 Å². The number of hydrogen-bond donors (Lipinski definition) is 1. The van der Waals surface area contributed by atoms with Gasteiger partial charge in [0, 0.05) is 23.2 Å². The second-order valence-corrected chi connectivity index (χ2v) is 5.31. The fourth-order valence-corrected chi connectivity index (χ4v) is 1.72. The van der Waals surface area contributed by atoms with E-state index in [2.05, 4.69) is 21.2 Å². The van der Waals surface area contributed by atoms with Gasteiger partial charge in [-0.2, -0.15) is 0 Å². The van der Waals surface area contributed by atoms with E-state index in [1.54, 1.807) is 12.1 Å². The van der Waals surface area contributed by atoms with E-state index in [0.717, 1.165) is 23.9 Å². The SMILES string of the molecule is CC(C)OCCCCNC(=O)c1ccc(Br)cc1. The zero-order valence-corrected chi connectivity index (χ0v) is 12.5. The molecule has 0 spiro atoms. The smallest absolute Gasteiger partial charge is 0.251 e. The van der Waals surface area contributed by atoms with E-state index in [-0.39, 0.29) is 12.0 Å². The van der Waals surface area contributed by atoms with Crippen molar-refractivity contribution in [3.8, 4) is 0 Å². The van der Waals surface area contributed by atoms with E-state index in [1.807, 2.05) is 26.0 Å². The quantitative estimate of drug-likeness (QED) is 0.784. The van der Waals surface area contributed by atoms with Crippen LogP contribution < -0.4 is 5.32 Å². The Morgan fingerprint density at radius 3 is 2.56 bits per heavy atom. The molecule has 0 saturated carbocycles. The summed E-state index contributed by atoms with van der Waals surface area (Å²) in [4.78, 5) is 11.7. The van der Waals surface area contributed by atoms with Gasteiger partial charge in [0.25, 0.3) is 5.91 Å². The van der Waals surface area contributed by atoms with Gasteiger partial charge in [-0.25, -0.2) is 0 Å². The summed E-state index contributed by atoms with van der Waals surface area (Å²) in [5, 5.41) is 2.90. The Labute approximate surface area is 117 Å². The van der Waals surface area contributed by atoms with Crippen molar-refractivity contribution >= 4 is 21.8 Å². The Kier molecular flexibility index (Phi) is 6.98. The maximum atomic E-state index is 11.7. The topological polar surface area (TPSA) is 38.3 Å². The molecule has 0 aliphatic carbocycles. The summed E-state index contributed by atoms with van der Waals surface area (Å²) in [7, 11) is 0. The van der Waals surface area contributed by atoms with Crippen LogP contribution in [0.25, 0.3) is 0 Å². The van der Waals surface area contributed by atoms with Crippen LogP contribution >= 0.6 is 15.9 Å². The standard InChI is InChI=1S/C14H20BrNO2/c1-11(2)18-10-4-3-9-16-14(17)12-5-7-13(15)8-6-12/h5-8,11H,3-4,9-10H2,1-2H3,(H,16,17). The van der Waals surface area contributed by atoms with E-state index in [1.165, 1.54) is 0 Å². The highest BCUT2D eigenvalue weighted by Gasteiger charge is 2.03. The summed E-state index contributed by atoms with van der Waals surface area (Å²) in [5.41, 5.74) is 0.691. The lowest BCUT2D eigenvalue weighted by Crippen LogP contribution is -2.24. The van der Waals surface area contributed by atoms with Crippen molar-refractivity contribution in [2.75, 3.05) is 13.2 Å². The Balaban J connectivity index is 2.16. The number of ether oxygens (including phenoxy) is 1. The van der Waals surface area contributed by atoms with Gasteiger partial charge in [0.15, 0.2) is 0 Å². The molecule has 0 saturated heterocycles. The molecule has 0 bridgehead atoms. The number of nitrogens with one attached hydrogen (secondary N) is 1. The molecule has 1 N–H and O–H groups in total. The Morgan fingerprint density at radius 1 is 1.28 bits per heavy atom. The zero-order valence-electron chi connectivity index (χ0n) is 10.9. The molecule has 0 atom stereocenters. The Morgan fingerprint density at radius 2 is 1.94 bits per heavy atom. The number of amides is 1. The first kappa shape index (κ1) is 15.2. The Hall–Kier alpha value is -0.870. The number of carbonyl (C=O) groups is 1. The lowest BCUT2D eigenvalue weighted by molar-refractivity contribution is 0.0754. The van der Waals surface area contributed by atoms with Crippen molar-refractivity contribution in [2.45, 2.75) is 32.8 Å². The van der Waals surface area contributed by atoms with E-state index in [4.69, 9.17) is 4.74 Å². The van der Waals surface area contributed by atoms with Crippen LogP contribution in [0.15, 0.2) is 28.7 Å². The highest BCUT2D eigenvalue weighted by molar-refractivity contribution is 9.10. The van der Waals surface area contributed by atoms with Gasteiger partial charge in [-0.1, -0.05) is 15.9 Å². The van der Waals surface area contributed by atoms with E-state index < -0.39 is 0 Å². The molecule has 1 rings (SSSR count). The maximum absolute atomic E-state index is 11.7. The lowest BCUT2D eigenvalue weighted by Gasteiger charge is -2.08. The Bertz CT molecular complexity index is 363. The van der Waals surface area contributed by atoms with Crippen molar-refractivity contribution in [1.82, 2.24) is 5.32 Å². The van der Waals surface area contributed by atoms with Gasteiger partial charge in [0.2, 0.25) is 0 Å². The van der Waals surface area contributed by atoms with Crippen molar-refractivity contribution < 1.29 is 9.53 Å². The van der Waals surface area contributed by atoms with Gasteiger partial charge < -0.3 is 10.1 Å². The van der Waals surface area contributed by atoms with Gasteiger partial charge in [-0.05, 0) is 51.0 Å². The molecule has 1 aromatic carbocycles. The zero-order chi connectivity index (χ0) is 13.4. The fourth-order valence-electron chi connectivity index (χ4n) is 1.45. The predicted octanol–water partition coefficient (Wildman–Crippen LogP) is 3.38. The largest absolute Gasteiger partial charge is 0.379 e. The molecular formula is C14H20BrNO2. The van der Waals surface area contributed by atoms with E-state index in [9.17, 15) is 4.79 Å². The molecule has 0 aliphatic rings. The van der Waals surface area contributed by atoms with Crippen LogP contribution in [-0.4, -0.2) is 25.2 Å². The molecule has 0 unspecified atom stereocenters. The normalized spacial score (nSPS) is 10.7. The minimum absolute atomic E-state index is 0.0210. The number of carbonyl (C=O) groups excluding carboxylic acids is 1. The second-order valence-electron chi connectivity index (χ2n) is 4.39. The molecule has 0 heterocycles. The third-order valence-corrected chi connectivity index (χ3v) is 2.94. The molecule has 18 heavy (non-hydrogen) atoms. The molecule has 3 nitrogen and oxygen atoms in total. The molecule has 0 aromatic heterocycles. The maximum Gasteiger partial charge on any atom is 0.251 e. The molecule has 1 aromatic rings. The first-order chi connectivity index (χ1) is 8.59. The third-order valence-electron chi connectivity index (χ3n) is 2.41. The number of halogens is 1. The summed E-state index contributed by atoms with van der Waals surface area (Å²) in [6.45, 7) is 5.49. The average molecular weight is 314 g/mol. The minimum Gasteiger partial charge on any atom is -0.379 e. The summed E-state index contributed by atoms with van der Waals surface area (Å²) >= 11 is 3.34. The molecule has 1 amide bonds. The van der Waals surface area contributed by atoms with Crippen LogP contribution in [0.5, 0.6) is 0 Å². The minimum atomic E-state index is -0.0210. The van der Waals surface area contributed by atoms with Crippen molar-refractivity contribution in [3.05, 3.63) is 34.3 Å². The van der Waals surface area contributed by atoms with Gasteiger partial charge in [-0.3, -0.25) is 4.79 Å². The number of hydrogen-bond acceptors (Lipinski definition) is 2.